The zero-order valence-corrected chi connectivity index (χ0v) is 19.0. The van der Waals surface area contributed by atoms with E-state index in [-0.39, 0.29) is 6.61 Å². The van der Waals surface area contributed by atoms with Gasteiger partial charge in [-0.1, -0.05) is 59.1 Å². The quantitative estimate of drug-likeness (QED) is 0.292. The van der Waals surface area contributed by atoms with Crippen molar-refractivity contribution in [1.29, 1.82) is 0 Å². The predicted molar refractivity (Wildman–Crippen MR) is 128 cm³/mol. The third-order valence-electron chi connectivity index (χ3n) is 4.48. The lowest BCUT2D eigenvalue weighted by Gasteiger charge is -2.09. The summed E-state index contributed by atoms with van der Waals surface area (Å²) in [5.74, 6) is -1.07. The number of hydrogen-bond acceptors (Lipinski definition) is 4. The van der Waals surface area contributed by atoms with Crippen molar-refractivity contribution >= 4 is 46.9 Å². The largest absolute Gasteiger partial charge is 0.489 e. The van der Waals surface area contributed by atoms with E-state index in [0.717, 1.165) is 16.7 Å². The maximum absolute atomic E-state index is 12.1. The summed E-state index contributed by atoms with van der Waals surface area (Å²) >= 11 is 12.1. The Morgan fingerprint density at radius 2 is 1.81 bits per heavy atom. The predicted octanol–water partition coefficient (Wildman–Crippen LogP) is 5.28. The lowest BCUT2D eigenvalue weighted by Crippen LogP contribution is -2.32. The molecule has 6 nitrogen and oxygen atoms in total. The number of amides is 2. The molecule has 3 aromatic rings. The van der Waals surface area contributed by atoms with Gasteiger partial charge in [0.2, 0.25) is 0 Å². The van der Waals surface area contributed by atoms with Gasteiger partial charge >= 0.3 is 11.8 Å². The lowest BCUT2D eigenvalue weighted by atomic mass is 10.1. The van der Waals surface area contributed by atoms with Crippen molar-refractivity contribution in [1.82, 2.24) is 5.43 Å². The first-order valence-electron chi connectivity index (χ1n) is 9.70. The molecule has 8 heteroatoms. The van der Waals surface area contributed by atoms with Crippen LogP contribution in [0.2, 0.25) is 10.0 Å². The molecule has 32 heavy (non-hydrogen) atoms. The van der Waals surface area contributed by atoms with Crippen molar-refractivity contribution < 1.29 is 14.3 Å². The van der Waals surface area contributed by atoms with Crippen molar-refractivity contribution in [2.24, 2.45) is 5.10 Å². The van der Waals surface area contributed by atoms with Crippen LogP contribution >= 0.6 is 23.2 Å². The van der Waals surface area contributed by atoms with E-state index in [1.807, 2.05) is 26.0 Å². The van der Waals surface area contributed by atoms with Crippen LogP contribution in [0.1, 0.15) is 22.3 Å². The van der Waals surface area contributed by atoms with Gasteiger partial charge in [-0.05, 0) is 55.3 Å². The molecule has 0 unspecified atom stereocenters. The second-order valence-electron chi connectivity index (χ2n) is 7.07. The third kappa shape index (κ3) is 6.57. The van der Waals surface area contributed by atoms with E-state index in [0.29, 0.717) is 27.0 Å². The molecule has 0 radical (unpaired) electrons. The minimum Gasteiger partial charge on any atom is -0.489 e. The van der Waals surface area contributed by atoms with Gasteiger partial charge in [0.25, 0.3) is 0 Å². The van der Waals surface area contributed by atoms with E-state index < -0.39 is 11.8 Å². The molecule has 0 heterocycles. The second kappa shape index (κ2) is 10.8. The Balaban J connectivity index is 1.54. The van der Waals surface area contributed by atoms with Crippen LogP contribution in [0.4, 0.5) is 5.69 Å². The van der Waals surface area contributed by atoms with Gasteiger partial charge in [-0.2, -0.15) is 5.10 Å². The fourth-order valence-electron chi connectivity index (χ4n) is 2.83. The Hall–Kier alpha value is -3.35. The number of carbonyl (C=O) groups is 2. The number of carbonyl (C=O) groups excluding carboxylic acids is 2. The average molecular weight is 470 g/mol. The van der Waals surface area contributed by atoms with Crippen molar-refractivity contribution in [3.63, 3.8) is 0 Å². The number of halogens is 2. The van der Waals surface area contributed by atoms with Crippen LogP contribution in [0.3, 0.4) is 0 Å². The van der Waals surface area contributed by atoms with E-state index in [2.05, 4.69) is 15.8 Å². The Bertz CT molecular complexity index is 1180. The molecule has 0 fully saturated rings. The number of aryl methyl sites for hydroxylation is 2. The van der Waals surface area contributed by atoms with Gasteiger partial charge in [0.05, 0.1) is 6.21 Å². The highest BCUT2D eigenvalue weighted by Crippen LogP contribution is 2.23. The molecule has 0 aliphatic rings. The number of benzene rings is 3. The fraction of sp³-hybridized carbons (Fsp3) is 0.125. The first kappa shape index (κ1) is 23.3. The zero-order valence-electron chi connectivity index (χ0n) is 17.5. The smallest absolute Gasteiger partial charge is 0.329 e. The highest BCUT2D eigenvalue weighted by atomic mass is 35.5. The first-order chi connectivity index (χ1) is 15.3. The minimum atomic E-state index is -0.869. The molecule has 3 rings (SSSR count). The third-order valence-corrected chi connectivity index (χ3v) is 5.07. The van der Waals surface area contributed by atoms with Crippen molar-refractivity contribution in [3.05, 3.63) is 93.0 Å². The highest BCUT2D eigenvalue weighted by molar-refractivity contribution is 6.39. The van der Waals surface area contributed by atoms with Gasteiger partial charge < -0.3 is 10.1 Å². The Labute approximate surface area is 196 Å². The van der Waals surface area contributed by atoms with E-state index >= 15 is 0 Å². The number of nitrogens with zero attached hydrogens (tertiary/aromatic N) is 1. The molecular formula is C24H21Cl2N3O3. The fourth-order valence-corrected chi connectivity index (χ4v) is 3.30. The van der Waals surface area contributed by atoms with E-state index in [1.54, 1.807) is 48.5 Å². The van der Waals surface area contributed by atoms with E-state index in [1.165, 1.54) is 6.21 Å². The van der Waals surface area contributed by atoms with Crippen LogP contribution < -0.4 is 15.5 Å². The molecule has 0 aromatic heterocycles. The summed E-state index contributed by atoms with van der Waals surface area (Å²) in [7, 11) is 0. The van der Waals surface area contributed by atoms with Crippen molar-refractivity contribution in [3.8, 4) is 5.75 Å². The van der Waals surface area contributed by atoms with Crippen LogP contribution in [0.15, 0.2) is 65.8 Å². The maximum atomic E-state index is 12.1. The number of hydrazone groups is 1. The summed E-state index contributed by atoms with van der Waals surface area (Å²) in [6, 6.07) is 17.8. The summed E-state index contributed by atoms with van der Waals surface area (Å²) in [6.07, 6.45) is 1.42. The van der Waals surface area contributed by atoms with Crippen LogP contribution in [-0.4, -0.2) is 18.0 Å². The van der Waals surface area contributed by atoms with Crippen LogP contribution in [-0.2, 0) is 16.2 Å². The number of nitrogens with one attached hydrogen (secondary N) is 2. The molecule has 0 saturated heterocycles. The van der Waals surface area contributed by atoms with Gasteiger partial charge in [-0.25, -0.2) is 5.43 Å². The van der Waals surface area contributed by atoms with Gasteiger partial charge in [0.15, 0.2) is 0 Å². The molecule has 0 spiro atoms. The monoisotopic (exact) mass is 469 g/mol. The summed E-state index contributed by atoms with van der Waals surface area (Å²) in [5.41, 5.74) is 6.21. The van der Waals surface area contributed by atoms with Gasteiger partial charge in [0.1, 0.15) is 12.4 Å². The molecule has 3 aromatic carbocycles. The Morgan fingerprint density at radius 1 is 1.00 bits per heavy atom. The lowest BCUT2D eigenvalue weighted by molar-refractivity contribution is -0.136. The van der Waals surface area contributed by atoms with Gasteiger partial charge in [-0.3, -0.25) is 9.59 Å². The normalized spacial score (nSPS) is 10.8. The number of rotatable bonds is 6. The van der Waals surface area contributed by atoms with Crippen LogP contribution in [0.5, 0.6) is 5.75 Å². The molecule has 0 aliphatic heterocycles. The van der Waals surface area contributed by atoms with Crippen molar-refractivity contribution in [2.75, 3.05) is 5.32 Å². The molecule has 164 valence electrons. The van der Waals surface area contributed by atoms with Crippen LogP contribution in [0.25, 0.3) is 0 Å². The van der Waals surface area contributed by atoms with Gasteiger partial charge in [-0.15, -0.1) is 0 Å². The summed E-state index contributed by atoms with van der Waals surface area (Å²) < 4.78 is 5.76. The molecule has 0 atom stereocenters. The zero-order chi connectivity index (χ0) is 23.1. The molecule has 0 bridgehead atoms. The van der Waals surface area contributed by atoms with Crippen molar-refractivity contribution in [2.45, 2.75) is 20.5 Å². The summed E-state index contributed by atoms with van der Waals surface area (Å²) in [5, 5.41) is 7.50. The average Bonchev–Trinajstić information content (AvgIpc) is 2.75. The summed E-state index contributed by atoms with van der Waals surface area (Å²) in [6.45, 7) is 4.08. The topological polar surface area (TPSA) is 79.8 Å². The number of anilines is 1. The molecule has 0 aliphatic carbocycles. The maximum Gasteiger partial charge on any atom is 0.329 e. The SMILES string of the molecule is Cc1ccc(NC(=O)C(=O)N/N=C/c2cccc(OCc3ccc(Cl)cc3Cl)c2)c(C)c1. The molecule has 2 amide bonds. The molecule has 0 saturated carbocycles. The first-order valence-corrected chi connectivity index (χ1v) is 10.5. The Morgan fingerprint density at radius 3 is 2.56 bits per heavy atom. The summed E-state index contributed by atoms with van der Waals surface area (Å²) in [4.78, 5) is 24.1. The second-order valence-corrected chi connectivity index (χ2v) is 7.91. The van der Waals surface area contributed by atoms with Gasteiger partial charge in [0, 0.05) is 21.3 Å². The number of ether oxygens (including phenoxy) is 1. The molecule has 2 N–H and O–H groups in total. The Kier molecular flexibility index (Phi) is 7.87. The standard InChI is InChI=1S/C24H21Cl2N3O3/c1-15-6-9-22(16(2)10-15)28-23(30)24(31)29-27-13-17-4-3-5-20(11-17)32-14-18-7-8-19(25)12-21(18)26/h3-13H,14H2,1-2H3,(H,28,30)(H,29,31)/b27-13+. The van der Waals surface area contributed by atoms with E-state index in [9.17, 15) is 9.59 Å². The number of hydrogen-bond donors (Lipinski definition) is 2. The highest BCUT2D eigenvalue weighted by Gasteiger charge is 2.14. The van der Waals surface area contributed by atoms with E-state index in [4.69, 9.17) is 27.9 Å². The van der Waals surface area contributed by atoms with Crippen LogP contribution in [0, 0.1) is 13.8 Å². The molecular weight excluding hydrogens is 449 g/mol. The minimum absolute atomic E-state index is 0.270.